The van der Waals surface area contributed by atoms with E-state index in [0.717, 1.165) is 151 Å². The molecule has 12 aromatic carbocycles. The maximum Gasteiger partial charge on any atom is 0.145 e. The van der Waals surface area contributed by atoms with Gasteiger partial charge in [-0.1, -0.05) is 164 Å². The first-order valence-corrected chi connectivity index (χ1v) is 28.9. The van der Waals surface area contributed by atoms with Gasteiger partial charge in [-0.05, 0) is 198 Å². The minimum absolute atomic E-state index is 0.907. The predicted molar refractivity (Wildman–Crippen MR) is 352 cm³/mol. The van der Waals surface area contributed by atoms with E-state index in [1.807, 2.05) is 0 Å². The van der Waals surface area contributed by atoms with Crippen LogP contribution in [0.1, 0.15) is 16.7 Å². The molecule has 15 aromatic rings. The minimum atomic E-state index is 0.907. The molecule has 0 radical (unpaired) electrons. The highest BCUT2D eigenvalue weighted by atomic mass is 15.1. The normalized spacial score (nSPS) is 11.5. The molecule has 0 aliphatic rings. The first-order chi connectivity index (χ1) is 41.9. The Hall–Kier alpha value is -11.2. The molecule has 0 bridgehead atoms. The second-order valence-corrected chi connectivity index (χ2v) is 21.9. The van der Waals surface area contributed by atoms with E-state index in [1.165, 1.54) is 0 Å². The van der Waals surface area contributed by atoms with E-state index in [0.29, 0.717) is 0 Å². The van der Waals surface area contributed by atoms with Gasteiger partial charge in [0.1, 0.15) is 17.5 Å². The van der Waals surface area contributed by atoms with Crippen LogP contribution >= 0.6 is 0 Å². The van der Waals surface area contributed by atoms with Crippen molar-refractivity contribution in [1.82, 2.24) is 28.7 Å². The number of rotatable bonds is 12. The lowest BCUT2D eigenvalue weighted by molar-refractivity contribution is 1.10. The number of fused-ring (bicyclic) bond motifs is 3. The van der Waals surface area contributed by atoms with Crippen molar-refractivity contribution in [3.63, 3.8) is 0 Å². The summed E-state index contributed by atoms with van der Waals surface area (Å²) in [6.07, 6.45) is 0. The maximum absolute atomic E-state index is 5.22. The number of nitrogens with zero attached hydrogens (tertiary/aromatic N) is 7. The molecule has 0 aliphatic heterocycles. The second kappa shape index (κ2) is 21.3. The highest BCUT2D eigenvalue weighted by molar-refractivity contribution is 5.90. The van der Waals surface area contributed by atoms with Crippen LogP contribution in [0.5, 0.6) is 0 Å². The van der Waals surface area contributed by atoms with Crippen LogP contribution in [0, 0.1) is 20.8 Å². The average Bonchev–Trinajstić information content (AvgIpc) is 3.76. The summed E-state index contributed by atoms with van der Waals surface area (Å²) >= 11 is 0. The third-order valence-corrected chi connectivity index (χ3v) is 16.4. The molecule has 0 amide bonds. The quantitative estimate of drug-likeness (QED) is 0.122. The zero-order valence-electron chi connectivity index (χ0n) is 47.3. The number of hydrogen-bond donors (Lipinski definition) is 0. The molecule has 0 N–H and O–H groups in total. The SMILES string of the molecule is Cc1cc(N(c2ccc(-c3cccc(-c4nc5ccccc5n4-c4ccccc4)c3)c(C)c2)c2ccc(-c3cccc(-c4nc5ccccc5n4-c4ccccc4)c3)c(C)c2)ccc1-c1cccc(-c2nc3ccccc3n2-c2ccccc2)c1. The highest BCUT2D eigenvalue weighted by Gasteiger charge is 2.22. The molecular weight excluding hydrogens is 1030 g/mol. The predicted octanol–water partition coefficient (Wildman–Crippen LogP) is 20.1. The van der Waals surface area contributed by atoms with E-state index in [-0.39, 0.29) is 0 Å². The van der Waals surface area contributed by atoms with Crippen LogP contribution in [0.2, 0.25) is 0 Å². The summed E-state index contributed by atoms with van der Waals surface area (Å²) in [6.45, 7) is 6.68. The largest absolute Gasteiger partial charge is 0.310 e. The van der Waals surface area contributed by atoms with Crippen molar-refractivity contribution >= 4 is 50.2 Å². The fourth-order valence-corrected chi connectivity index (χ4v) is 12.4. The number of aryl methyl sites for hydroxylation is 3. The summed E-state index contributed by atoms with van der Waals surface area (Å²) in [4.78, 5) is 18.1. The summed E-state index contributed by atoms with van der Waals surface area (Å²) in [5.41, 5.74) is 26.0. The van der Waals surface area contributed by atoms with Gasteiger partial charge in [0.25, 0.3) is 0 Å². The molecule has 0 unspecified atom stereocenters. The van der Waals surface area contributed by atoms with Crippen LogP contribution in [0.15, 0.2) is 291 Å². The third kappa shape index (κ3) is 9.25. The fourth-order valence-electron chi connectivity index (χ4n) is 12.4. The van der Waals surface area contributed by atoms with Gasteiger partial charge in [-0.15, -0.1) is 0 Å². The summed E-state index contributed by atoms with van der Waals surface area (Å²) in [5, 5.41) is 0. The Morgan fingerprint density at radius 1 is 0.247 bits per heavy atom. The number of benzene rings is 12. The molecule has 3 aromatic heterocycles. The molecule has 0 fully saturated rings. The van der Waals surface area contributed by atoms with E-state index in [2.05, 4.69) is 331 Å². The van der Waals surface area contributed by atoms with E-state index in [1.54, 1.807) is 0 Å². The number of para-hydroxylation sites is 9. The molecule has 3 heterocycles. The summed E-state index contributed by atoms with van der Waals surface area (Å²) < 4.78 is 6.80. The van der Waals surface area contributed by atoms with Gasteiger partial charge in [0.2, 0.25) is 0 Å². The lowest BCUT2D eigenvalue weighted by Gasteiger charge is -2.28. The topological polar surface area (TPSA) is 56.7 Å². The molecule has 0 saturated heterocycles. The highest BCUT2D eigenvalue weighted by Crippen LogP contribution is 2.43. The fraction of sp³-hybridized carbons (Fsp3) is 0.0385. The summed E-state index contributed by atoms with van der Waals surface area (Å²) in [5.74, 6) is 2.72. The Kier molecular flexibility index (Phi) is 12.7. The average molecular weight is 1090 g/mol. The minimum Gasteiger partial charge on any atom is -0.310 e. The Morgan fingerprint density at radius 2 is 0.518 bits per heavy atom. The lowest BCUT2D eigenvalue weighted by atomic mass is 9.95. The standard InChI is InChI=1S/C78H57N7/c1-52-46-64(40-43-67(52)55-22-19-25-58(49-55)76-79-70-34-13-16-37-73(70)83(76)61-28-7-4-8-29-61)82(65-41-44-68(53(2)47-65)56-23-20-26-59(50-56)77-80-71-35-14-17-38-74(71)84(77)62-30-9-5-10-31-62)66-42-45-69(54(3)48-66)57-24-21-27-60(51-57)78-81-72-36-15-18-39-75(72)85(78)63-32-11-6-12-33-63/h4-51H,1-3H3. The van der Waals surface area contributed by atoms with Crippen molar-refractivity contribution in [1.29, 1.82) is 0 Å². The van der Waals surface area contributed by atoms with Crippen LogP contribution in [-0.4, -0.2) is 28.7 Å². The smallest absolute Gasteiger partial charge is 0.145 e. The maximum atomic E-state index is 5.22. The number of imidazole rings is 3. The van der Waals surface area contributed by atoms with Crippen molar-refractivity contribution in [2.75, 3.05) is 4.90 Å². The number of hydrogen-bond acceptors (Lipinski definition) is 4. The third-order valence-electron chi connectivity index (χ3n) is 16.4. The lowest BCUT2D eigenvalue weighted by Crippen LogP contribution is -2.11. The molecule has 404 valence electrons. The van der Waals surface area contributed by atoms with Crippen molar-refractivity contribution in [3.8, 4) is 84.6 Å². The van der Waals surface area contributed by atoms with Gasteiger partial charge in [-0.25, -0.2) is 15.0 Å². The summed E-state index contributed by atoms with van der Waals surface area (Å²) in [6, 6.07) is 104. The van der Waals surface area contributed by atoms with Gasteiger partial charge in [-0.2, -0.15) is 0 Å². The van der Waals surface area contributed by atoms with Gasteiger partial charge >= 0.3 is 0 Å². The van der Waals surface area contributed by atoms with Gasteiger partial charge < -0.3 is 4.90 Å². The molecule has 0 aliphatic carbocycles. The monoisotopic (exact) mass is 1090 g/mol. The Balaban J connectivity index is 0.821. The molecule has 0 atom stereocenters. The molecular formula is C78H57N7. The molecule has 7 nitrogen and oxygen atoms in total. The first kappa shape index (κ1) is 50.8. The van der Waals surface area contributed by atoms with Crippen LogP contribution in [0.25, 0.3) is 118 Å². The van der Waals surface area contributed by atoms with E-state index in [4.69, 9.17) is 15.0 Å². The molecule has 15 rings (SSSR count). The molecule has 0 spiro atoms. The Morgan fingerprint density at radius 3 is 0.812 bits per heavy atom. The van der Waals surface area contributed by atoms with Crippen molar-refractivity contribution in [2.24, 2.45) is 0 Å². The Bertz CT molecular complexity index is 4490. The van der Waals surface area contributed by atoms with Crippen molar-refractivity contribution in [3.05, 3.63) is 308 Å². The number of aromatic nitrogens is 6. The molecule has 0 saturated carbocycles. The first-order valence-electron chi connectivity index (χ1n) is 28.9. The molecule has 85 heavy (non-hydrogen) atoms. The van der Waals surface area contributed by atoms with Crippen LogP contribution in [0.4, 0.5) is 17.1 Å². The van der Waals surface area contributed by atoms with Crippen molar-refractivity contribution < 1.29 is 0 Å². The Labute approximate surface area is 494 Å². The van der Waals surface area contributed by atoms with Gasteiger partial charge in [0.15, 0.2) is 0 Å². The van der Waals surface area contributed by atoms with Crippen molar-refractivity contribution in [2.45, 2.75) is 20.8 Å². The molecule has 7 heteroatoms. The van der Waals surface area contributed by atoms with Crippen LogP contribution < -0.4 is 4.90 Å². The van der Waals surface area contributed by atoms with Crippen LogP contribution in [-0.2, 0) is 0 Å². The van der Waals surface area contributed by atoms with E-state index < -0.39 is 0 Å². The van der Waals surface area contributed by atoms with Gasteiger partial charge in [-0.3, -0.25) is 13.7 Å². The summed E-state index contributed by atoms with van der Waals surface area (Å²) in [7, 11) is 0. The second-order valence-electron chi connectivity index (χ2n) is 21.9. The van der Waals surface area contributed by atoms with E-state index in [9.17, 15) is 0 Å². The van der Waals surface area contributed by atoms with Crippen LogP contribution in [0.3, 0.4) is 0 Å². The zero-order valence-corrected chi connectivity index (χ0v) is 47.3. The van der Waals surface area contributed by atoms with Gasteiger partial charge in [0, 0.05) is 50.8 Å². The van der Waals surface area contributed by atoms with Gasteiger partial charge in [0.05, 0.1) is 33.1 Å². The van der Waals surface area contributed by atoms with E-state index >= 15 is 0 Å². The zero-order chi connectivity index (χ0) is 57.0. The number of anilines is 3.